The van der Waals surface area contributed by atoms with Gasteiger partial charge in [-0.25, -0.2) is 0 Å². The van der Waals surface area contributed by atoms with E-state index in [-0.39, 0.29) is 17.9 Å². The molecule has 0 radical (unpaired) electrons. The van der Waals surface area contributed by atoms with E-state index in [4.69, 9.17) is 11.1 Å². The molecular weight excluding hydrogens is 180 g/mol. The second kappa shape index (κ2) is 3.91. The molecular formula is C10H12N2O2. The summed E-state index contributed by atoms with van der Waals surface area (Å²) >= 11 is 0. The van der Waals surface area contributed by atoms with Gasteiger partial charge in [-0.05, 0) is 36.2 Å². The molecule has 1 aromatic carbocycles. The highest BCUT2D eigenvalue weighted by Gasteiger charge is 2.06. The fraction of sp³-hybridized carbons (Fsp3) is 0.200. The number of nitrogens with two attached hydrogens (primary N) is 1. The first-order valence-electron chi connectivity index (χ1n) is 4.16. The summed E-state index contributed by atoms with van der Waals surface area (Å²) in [7, 11) is 0. The zero-order valence-corrected chi connectivity index (χ0v) is 7.87. The lowest BCUT2D eigenvalue weighted by molar-refractivity contribution is -0.116. The van der Waals surface area contributed by atoms with Crippen LogP contribution in [0.5, 0.6) is 5.75 Å². The van der Waals surface area contributed by atoms with Crippen molar-refractivity contribution in [3.05, 3.63) is 29.3 Å². The molecule has 1 rings (SSSR count). The number of amides is 1. The second-order valence-corrected chi connectivity index (χ2v) is 3.12. The minimum atomic E-state index is -0.527. The number of hydrogen-bond acceptors (Lipinski definition) is 3. The molecule has 4 nitrogen and oxygen atoms in total. The van der Waals surface area contributed by atoms with Crippen LogP contribution >= 0.6 is 0 Å². The summed E-state index contributed by atoms with van der Waals surface area (Å²) in [6.07, 6.45) is -0.0792. The Kier molecular flexibility index (Phi) is 2.86. The van der Waals surface area contributed by atoms with Crippen LogP contribution in [0, 0.1) is 12.3 Å². The number of primary amides is 1. The van der Waals surface area contributed by atoms with Crippen LogP contribution in [-0.4, -0.2) is 16.7 Å². The van der Waals surface area contributed by atoms with Gasteiger partial charge < -0.3 is 16.2 Å². The second-order valence-electron chi connectivity index (χ2n) is 3.12. The molecule has 0 aromatic heterocycles. The van der Waals surface area contributed by atoms with Crippen LogP contribution in [0.3, 0.4) is 0 Å². The van der Waals surface area contributed by atoms with E-state index in [1.54, 1.807) is 19.1 Å². The highest BCUT2D eigenvalue weighted by Crippen LogP contribution is 2.17. The number of carbonyl (C=O) groups excluding carboxylic acids is 1. The van der Waals surface area contributed by atoms with Crippen molar-refractivity contribution in [1.82, 2.24) is 0 Å². The largest absolute Gasteiger partial charge is 0.508 e. The van der Waals surface area contributed by atoms with Crippen LogP contribution < -0.4 is 5.73 Å². The molecule has 0 aliphatic rings. The summed E-state index contributed by atoms with van der Waals surface area (Å²) in [5.74, 6) is -0.346. The van der Waals surface area contributed by atoms with E-state index >= 15 is 0 Å². The number of phenols is 1. The molecule has 14 heavy (non-hydrogen) atoms. The van der Waals surface area contributed by atoms with Crippen molar-refractivity contribution in [2.75, 3.05) is 0 Å². The fourth-order valence-corrected chi connectivity index (χ4v) is 1.12. The van der Waals surface area contributed by atoms with Crippen molar-refractivity contribution in [3.8, 4) is 5.75 Å². The van der Waals surface area contributed by atoms with Crippen molar-refractivity contribution < 1.29 is 9.90 Å². The molecule has 74 valence electrons. The minimum Gasteiger partial charge on any atom is -0.508 e. The van der Waals surface area contributed by atoms with Crippen molar-refractivity contribution in [1.29, 1.82) is 5.41 Å². The first kappa shape index (κ1) is 10.2. The van der Waals surface area contributed by atoms with Gasteiger partial charge in [0.2, 0.25) is 5.91 Å². The van der Waals surface area contributed by atoms with E-state index in [1.165, 1.54) is 6.07 Å². The minimum absolute atomic E-state index is 0.0792. The third-order valence-electron chi connectivity index (χ3n) is 1.90. The zero-order valence-electron chi connectivity index (χ0n) is 7.87. The maximum absolute atomic E-state index is 10.6. The van der Waals surface area contributed by atoms with Crippen LogP contribution in [0.25, 0.3) is 0 Å². The lowest BCUT2D eigenvalue weighted by atomic mass is 10.0. The van der Waals surface area contributed by atoms with Crippen LogP contribution in [0.2, 0.25) is 0 Å². The molecule has 0 saturated heterocycles. The number of nitrogens with one attached hydrogen (secondary N) is 1. The van der Waals surface area contributed by atoms with Crippen LogP contribution in [0.1, 0.15) is 17.5 Å². The van der Waals surface area contributed by atoms with Gasteiger partial charge in [-0.2, -0.15) is 0 Å². The summed E-state index contributed by atoms with van der Waals surface area (Å²) in [5.41, 5.74) is 6.42. The van der Waals surface area contributed by atoms with Crippen molar-refractivity contribution >= 4 is 11.6 Å². The number of benzene rings is 1. The van der Waals surface area contributed by atoms with Gasteiger partial charge in [-0.3, -0.25) is 4.79 Å². The Morgan fingerprint density at radius 3 is 2.71 bits per heavy atom. The maximum Gasteiger partial charge on any atom is 0.223 e. The molecule has 1 aromatic rings. The molecule has 0 atom stereocenters. The standard InChI is InChI=1S/C10H12N2O2/c1-6-4-7(2-3-9(6)13)8(11)5-10(12)14/h2-4,11,13H,5H2,1H3,(H2,12,14). The molecule has 0 fully saturated rings. The number of hydrogen-bond donors (Lipinski definition) is 3. The van der Waals surface area contributed by atoms with E-state index in [2.05, 4.69) is 0 Å². The van der Waals surface area contributed by atoms with Gasteiger partial charge in [0.15, 0.2) is 0 Å². The van der Waals surface area contributed by atoms with Crippen LogP contribution in [-0.2, 0) is 4.79 Å². The van der Waals surface area contributed by atoms with Crippen molar-refractivity contribution in [2.45, 2.75) is 13.3 Å². The molecule has 0 unspecified atom stereocenters. The van der Waals surface area contributed by atoms with Crippen LogP contribution in [0.15, 0.2) is 18.2 Å². The lowest BCUT2D eigenvalue weighted by Crippen LogP contribution is -2.16. The van der Waals surface area contributed by atoms with Crippen LogP contribution in [0.4, 0.5) is 0 Å². The van der Waals surface area contributed by atoms with E-state index in [9.17, 15) is 9.90 Å². The Labute approximate surface area is 81.9 Å². The average Bonchev–Trinajstić information content (AvgIpc) is 2.08. The monoisotopic (exact) mass is 192 g/mol. The Bertz CT molecular complexity index is 386. The SMILES string of the molecule is Cc1cc(C(=N)CC(N)=O)ccc1O. The molecule has 0 bridgehead atoms. The topological polar surface area (TPSA) is 87.2 Å². The molecule has 1 amide bonds. The molecule has 0 aliphatic heterocycles. The first-order valence-corrected chi connectivity index (χ1v) is 4.16. The summed E-state index contributed by atoms with van der Waals surface area (Å²) in [6.45, 7) is 1.73. The lowest BCUT2D eigenvalue weighted by Gasteiger charge is -2.04. The molecule has 0 spiro atoms. The van der Waals surface area contributed by atoms with Crippen molar-refractivity contribution in [3.63, 3.8) is 0 Å². The normalized spacial score (nSPS) is 9.79. The Hall–Kier alpha value is -1.84. The van der Waals surface area contributed by atoms with E-state index in [0.29, 0.717) is 11.1 Å². The predicted octanol–water partition coefficient (Wildman–Crippen LogP) is 0.944. The van der Waals surface area contributed by atoms with Gasteiger partial charge in [0.25, 0.3) is 0 Å². The fourth-order valence-electron chi connectivity index (χ4n) is 1.12. The van der Waals surface area contributed by atoms with Gasteiger partial charge in [-0.1, -0.05) is 0 Å². The summed E-state index contributed by atoms with van der Waals surface area (Å²) in [5, 5.41) is 16.8. The van der Waals surface area contributed by atoms with Gasteiger partial charge in [0.1, 0.15) is 5.75 Å². The summed E-state index contributed by atoms with van der Waals surface area (Å²) in [4.78, 5) is 10.6. The molecule has 0 heterocycles. The third-order valence-corrected chi connectivity index (χ3v) is 1.90. The number of aromatic hydroxyl groups is 1. The highest BCUT2D eigenvalue weighted by molar-refractivity contribution is 6.08. The first-order chi connectivity index (χ1) is 6.50. The maximum atomic E-state index is 10.6. The number of carbonyl (C=O) groups is 1. The Morgan fingerprint density at radius 2 is 2.21 bits per heavy atom. The van der Waals surface area contributed by atoms with Gasteiger partial charge in [0, 0.05) is 5.71 Å². The predicted molar refractivity (Wildman–Crippen MR) is 53.5 cm³/mol. The van der Waals surface area contributed by atoms with Crippen molar-refractivity contribution in [2.24, 2.45) is 5.73 Å². The Morgan fingerprint density at radius 1 is 1.57 bits per heavy atom. The van der Waals surface area contributed by atoms with Gasteiger partial charge >= 0.3 is 0 Å². The van der Waals surface area contributed by atoms with E-state index in [1.807, 2.05) is 0 Å². The summed E-state index contributed by atoms with van der Waals surface area (Å²) in [6, 6.07) is 4.74. The quantitative estimate of drug-likeness (QED) is 0.622. The van der Waals surface area contributed by atoms with E-state index in [0.717, 1.165) is 0 Å². The Balaban J connectivity index is 2.91. The molecule has 4 N–H and O–H groups in total. The average molecular weight is 192 g/mol. The number of phenolic OH excluding ortho intramolecular Hbond substituents is 1. The number of aryl methyl sites for hydroxylation is 1. The highest BCUT2D eigenvalue weighted by atomic mass is 16.3. The number of rotatable bonds is 3. The molecule has 0 saturated carbocycles. The summed E-state index contributed by atoms with van der Waals surface area (Å²) < 4.78 is 0. The zero-order chi connectivity index (χ0) is 10.7. The van der Waals surface area contributed by atoms with Gasteiger partial charge in [-0.15, -0.1) is 0 Å². The molecule has 4 heteroatoms. The molecule has 0 aliphatic carbocycles. The van der Waals surface area contributed by atoms with Gasteiger partial charge in [0.05, 0.1) is 6.42 Å². The van der Waals surface area contributed by atoms with E-state index < -0.39 is 5.91 Å². The smallest absolute Gasteiger partial charge is 0.223 e. The third kappa shape index (κ3) is 2.32.